The Morgan fingerprint density at radius 1 is 1.29 bits per heavy atom. The van der Waals surface area contributed by atoms with Crippen LogP contribution in [0.5, 0.6) is 0 Å². The summed E-state index contributed by atoms with van der Waals surface area (Å²) in [5.74, 6) is 0.664. The molecule has 17 heavy (non-hydrogen) atoms. The number of ether oxygens (including phenoxy) is 1. The standard InChI is InChI=1S/C14H22N2O/c1-16(2)14-7-5-13(6-8-14)15-10-12-4-3-9-17-11-12/h5-8,12,15H,3-4,9-11H2,1-2H3. The molecule has 0 aliphatic carbocycles. The highest BCUT2D eigenvalue weighted by Crippen LogP contribution is 2.18. The first-order valence-electron chi connectivity index (χ1n) is 6.35. The Hall–Kier alpha value is -1.22. The van der Waals surface area contributed by atoms with Gasteiger partial charge in [-0.05, 0) is 43.0 Å². The highest BCUT2D eigenvalue weighted by Gasteiger charge is 2.13. The van der Waals surface area contributed by atoms with Crippen LogP contribution in [0.1, 0.15) is 12.8 Å². The van der Waals surface area contributed by atoms with Crippen LogP contribution in [0.4, 0.5) is 11.4 Å². The maximum absolute atomic E-state index is 5.47. The summed E-state index contributed by atoms with van der Waals surface area (Å²) >= 11 is 0. The summed E-state index contributed by atoms with van der Waals surface area (Å²) in [5, 5.41) is 3.48. The molecule has 1 aromatic rings. The van der Waals surface area contributed by atoms with Crippen LogP contribution in [0.15, 0.2) is 24.3 Å². The highest BCUT2D eigenvalue weighted by atomic mass is 16.5. The molecule has 0 bridgehead atoms. The van der Waals surface area contributed by atoms with Crippen LogP contribution < -0.4 is 10.2 Å². The predicted octanol–water partition coefficient (Wildman–Crippen LogP) is 2.59. The number of benzene rings is 1. The zero-order chi connectivity index (χ0) is 12.1. The molecule has 1 aliphatic rings. The SMILES string of the molecule is CN(C)c1ccc(NCC2CCCOC2)cc1. The van der Waals surface area contributed by atoms with E-state index >= 15 is 0 Å². The number of nitrogens with zero attached hydrogens (tertiary/aromatic N) is 1. The Labute approximate surface area is 104 Å². The van der Waals surface area contributed by atoms with E-state index in [2.05, 4.69) is 48.6 Å². The van der Waals surface area contributed by atoms with Crippen molar-refractivity contribution < 1.29 is 4.74 Å². The van der Waals surface area contributed by atoms with Crippen LogP contribution >= 0.6 is 0 Å². The zero-order valence-corrected chi connectivity index (χ0v) is 10.8. The Bertz CT molecular complexity index is 329. The Morgan fingerprint density at radius 2 is 2.06 bits per heavy atom. The van der Waals surface area contributed by atoms with Crippen molar-refractivity contribution in [2.24, 2.45) is 5.92 Å². The fourth-order valence-electron chi connectivity index (χ4n) is 2.11. The van der Waals surface area contributed by atoms with Crippen molar-refractivity contribution in [3.8, 4) is 0 Å². The van der Waals surface area contributed by atoms with E-state index in [9.17, 15) is 0 Å². The van der Waals surface area contributed by atoms with E-state index < -0.39 is 0 Å². The molecule has 1 fully saturated rings. The largest absolute Gasteiger partial charge is 0.385 e. The normalized spacial score (nSPS) is 20.0. The third kappa shape index (κ3) is 3.63. The number of nitrogens with one attached hydrogen (secondary N) is 1. The fourth-order valence-corrected chi connectivity index (χ4v) is 2.11. The molecule has 1 atom stereocenters. The van der Waals surface area contributed by atoms with Crippen LogP contribution in [0.2, 0.25) is 0 Å². The summed E-state index contributed by atoms with van der Waals surface area (Å²) in [5.41, 5.74) is 2.43. The summed E-state index contributed by atoms with van der Waals surface area (Å²) in [6, 6.07) is 8.55. The molecule has 2 rings (SSSR count). The van der Waals surface area contributed by atoms with Gasteiger partial charge in [-0.2, -0.15) is 0 Å². The first-order chi connectivity index (χ1) is 8.25. The molecule has 3 nitrogen and oxygen atoms in total. The van der Waals surface area contributed by atoms with Crippen molar-refractivity contribution in [1.82, 2.24) is 0 Å². The maximum Gasteiger partial charge on any atom is 0.0511 e. The molecule has 0 spiro atoms. The van der Waals surface area contributed by atoms with Gasteiger partial charge in [-0.25, -0.2) is 0 Å². The molecule has 1 aromatic carbocycles. The van der Waals surface area contributed by atoms with Gasteiger partial charge in [-0.3, -0.25) is 0 Å². The van der Waals surface area contributed by atoms with E-state index in [-0.39, 0.29) is 0 Å². The van der Waals surface area contributed by atoms with Crippen LogP contribution in [0.25, 0.3) is 0 Å². The van der Waals surface area contributed by atoms with Gasteiger partial charge in [0, 0.05) is 38.6 Å². The monoisotopic (exact) mass is 234 g/mol. The molecule has 3 heteroatoms. The topological polar surface area (TPSA) is 24.5 Å². The van der Waals surface area contributed by atoms with Crippen molar-refractivity contribution in [3.63, 3.8) is 0 Å². The van der Waals surface area contributed by atoms with E-state index in [0.29, 0.717) is 5.92 Å². The van der Waals surface area contributed by atoms with E-state index in [1.54, 1.807) is 0 Å². The minimum atomic E-state index is 0.664. The molecule has 0 saturated carbocycles. The molecular formula is C14H22N2O. The lowest BCUT2D eigenvalue weighted by Gasteiger charge is -2.22. The summed E-state index contributed by atoms with van der Waals surface area (Å²) in [6.07, 6.45) is 2.48. The van der Waals surface area contributed by atoms with Gasteiger partial charge < -0.3 is 15.0 Å². The molecule has 0 amide bonds. The average Bonchev–Trinajstić information content (AvgIpc) is 2.38. The predicted molar refractivity (Wildman–Crippen MR) is 72.8 cm³/mol. The van der Waals surface area contributed by atoms with Gasteiger partial charge in [0.05, 0.1) is 6.61 Å². The Kier molecular flexibility index (Phi) is 4.26. The third-order valence-corrected chi connectivity index (χ3v) is 3.23. The minimum absolute atomic E-state index is 0.664. The van der Waals surface area contributed by atoms with Crippen LogP contribution in [-0.4, -0.2) is 33.9 Å². The van der Waals surface area contributed by atoms with Gasteiger partial charge in [0.15, 0.2) is 0 Å². The first kappa shape index (κ1) is 12.2. The minimum Gasteiger partial charge on any atom is -0.385 e. The number of anilines is 2. The summed E-state index contributed by atoms with van der Waals surface area (Å²) in [7, 11) is 4.11. The molecule has 94 valence electrons. The van der Waals surface area contributed by atoms with E-state index in [4.69, 9.17) is 4.74 Å². The molecule has 1 unspecified atom stereocenters. The summed E-state index contributed by atoms with van der Waals surface area (Å²) in [4.78, 5) is 2.11. The smallest absolute Gasteiger partial charge is 0.0511 e. The molecule has 0 aromatic heterocycles. The van der Waals surface area contributed by atoms with E-state index in [1.807, 2.05) is 0 Å². The third-order valence-electron chi connectivity index (χ3n) is 3.23. The van der Waals surface area contributed by atoms with Gasteiger partial charge in [-0.1, -0.05) is 0 Å². The van der Waals surface area contributed by atoms with Crippen molar-refractivity contribution in [3.05, 3.63) is 24.3 Å². The van der Waals surface area contributed by atoms with Crippen LogP contribution in [0.3, 0.4) is 0 Å². The van der Waals surface area contributed by atoms with Gasteiger partial charge in [0.25, 0.3) is 0 Å². The molecule has 1 N–H and O–H groups in total. The van der Waals surface area contributed by atoms with Crippen molar-refractivity contribution in [1.29, 1.82) is 0 Å². The van der Waals surface area contributed by atoms with Gasteiger partial charge in [-0.15, -0.1) is 0 Å². The highest BCUT2D eigenvalue weighted by molar-refractivity contribution is 5.54. The quantitative estimate of drug-likeness (QED) is 0.866. The van der Waals surface area contributed by atoms with E-state index in [1.165, 1.54) is 24.2 Å². The second-order valence-corrected chi connectivity index (χ2v) is 4.91. The second kappa shape index (κ2) is 5.92. The van der Waals surface area contributed by atoms with Crippen molar-refractivity contribution >= 4 is 11.4 Å². The molecule has 1 saturated heterocycles. The molecular weight excluding hydrogens is 212 g/mol. The first-order valence-corrected chi connectivity index (χ1v) is 6.35. The van der Waals surface area contributed by atoms with Crippen molar-refractivity contribution in [2.45, 2.75) is 12.8 Å². The molecule has 1 aliphatic heterocycles. The van der Waals surface area contributed by atoms with Crippen LogP contribution in [0, 0.1) is 5.92 Å². The second-order valence-electron chi connectivity index (χ2n) is 4.91. The average molecular weight is 234 g/mol. The lowest BCUT2D eigenvalue weighted by molar-refractivity contribution is 0.0595. The lowest BCUT2D eigenvalue weighted by atomic mass is 10.0. The Balaban J connectivity index is 1.82. The van der Waals surface area contributed by atoms with Gasteiger partial charge in [0.2, 0.25) is 0 Å². The fraction of sp³-hybridized carbons (Fsp3) is 0.571. The zero-order valence-electron chi connectivity index (χ0n) is 10.8. The molecule has 0 radical (unpaired) electrons. The van der Waals surface area contributed by atoms with Crippen LogP contribution in [-0.2, 0) is 4.74 Å². The van der Waals surface area contributed by atoms with Crippen molar-refractivity contribution in [2.75, 3.05) is 44.1 Å². The van der Waals surface area contributed by atoms with Gasteiger partial charge >= 0.3 is 0 Å². The summed E-state index contributed by atoms with van der Waals surface area (Å²) < 4.78 is 5.47. The van der Waals surface area contributed by atoms with E-state index in [0.717, 1.165) is 19.8 Å². The molecule has 1 heterocycles. The number of hydrogen-bond donors (Lipinski definition) is 1. The van der Waals surface area contributed by atoms with Gasteiger partial charge in [0.1, 0.15) is 0 Å². The number of rotatable bonds is 4. The maximum atomic E-state index is 5.47. The number of hydrogen-bond acceptors (Lipinski definition) is 3. The Morgan fingerprint density at radius 3 is 2.65 bits per heavy atom. The lowest BCUT2D eigenvalue weighted by Crippen LogP contribution is -2.24. The summed E-state index contributed by atoms with van der Waals surface area (Å²) in [6.45, 7) is 2.86.